The lowest BCUT2D eigenvalue weighted by atomic mass is 9.97. The summed E-state index contributed by atoms with van der Waals surface area (Å²) in [6, 6.07) is 6.28. The summed E-state index contributed by atoms with van der Waals surface area (Å²) in [5.74, 6) is 0. The van der Waals surface area contributed by atoms with Crippen LogP contribution in [0, 0.1) is 6.92 Å². The molecule has 0 aliphatic carbocycles. The highest BCUT2D eigenvalue weighted by molar-refractivity contribution is 7.90. The number of hydrogen-bond acceptors (Lipinski definition) is 3. The second kappa shape index (κ2) is 5.41. The van der Waals surface area contributed by atoms with Crippen LogP contribution in [0.3, 0.4) is 0 Å². The maximum Gasteiger partial charge on any atom is 0.175 e. The minimum Gasteiger partial charge on any atom is -0.314 e. The third kappa shape index (κ3) is 3.33. The maximum atomic E-state index is 11.7. The molecule has 0 bridgehead atoms. The normalized spacial score (nSPS) is 20.9. The first-order valence-electron chi connectivity index (χ1n) is 6.50. The van der Waals surface area contributed by atoms with Crippen molar-refractivity contribution in [2.75, 3.05) is 12.8 Å². The minimum atomic E-state index is -3.12. The third-order valence-corrected chi connectivity index (χ3v) is 4.79. The molecule has 0 radical (unpaired) electrons. The van der Waals surface area contributed by atoms with Gasteiger partial charge in [0.1, 0.15) is 0 Å². The highest BCUT2D eigenvalue weighted by Crippen LogP contribution is 2.19. The molecular weight excluding hydrogens is 246 g/mol. The molecule has 1 heterocycles. The van der Waals surface area contributed by atoms with E-state index in [0.717, 1.165) is 24.1 Å². The molecule has 1 aliphatic heterocycles. The predicted molar refractivity (Wildman–Crippen MR) is 73.6 cm³/mol. The summed E-state index contributed by atoms with van der Waals surface area (Å²) in [6.07, 6.45) is 5.89. The van der Waals surface area contributed by atoms with Crippen molar-refractivity contribution in [3.8, 4) is 0 Å². The van der Waals surface area contributed by atoms with Crippen LogP contribution in [0.15, 0.2) is 23.1 Å². The van der Waals surface area contributed by atoms with Crippen LogP contribution in [0.1, 0.15) is 30.4 Å². The molecular formula is C14H21NO2S. The zero-order valence-electron chi connectivity index (χ0n) is 11.1. The fourth-order valence-corrected chi connectivity index (χ4v) is 3.57. The smallest absolute Gasteiger partial charge is 0.175 e. The second-order valence-corrected chi connectivity index (χ2v) is 7.21. The van der Waals surface area contributed by atoms with Crippen LogP contribution in [0.2, 0.25) is 0 Å². The van der Waals surface area contributed by atoms with Crippen molar-refractivity contribution in [2.24, 2.45) is 0 Å². The highest BCUT2D eigenvalue weighted by Gasteiger charge is 2.15. The highest BCUT2D eigenvalue weighted by atomic mass is 32.2. The molecule has 0 amide bonds. The van der Waals surface area contributed by atoms with E-state index in [1.165, 1.54) is 25.5 Å². The Morgan fingerprint density at radius 1 is 1.33 bits per heavy atom. The lowest BCUT2D eigenvalue weighted by molar-refractivity contribution is 0.399. The van der Waals surface area contributed by atoms with Crippen molar-refractivity contribution < 1.29 is 8.42 Å². The van der Waals surface area contributed by atoms with Gasteiger partial charge in [-0.1, -0.05) is 18.6 Å². The first-order valence-corrected chi connectivity index (χ1v) is 8.39. The Hall–Kier alpha value is -0.870. The van der Waals surface area contributed by atoms with Crippen LogP contribution in [0.25, 0.3) is 0 Å². The van der Waals surface area contributed by atoms with E-state index < -0.39 is 9.84 Å². The molecule has 2 rings (SSSR count). The van der Waals surface area contributed by atoms with Crippen LogP contribution in [0.4, 0.5) is 0 Å². The van der Waals surface area contributed by atoms with Crippen LogP contribution in [-0.2, 0) is 16.3 Å². The fraction of sp³-hybridized carbons (Fsp3) is 0.571. The summed E-state index contributed by atoms with van der Waals surface area (Å²) < 4.78 is 23.4. The zero-order valence-corrected chi connectivity index (χ0v) is 11.9. The van der Waals surface area contributed by atoms with Crippen molar-refractivity contribution in [1.82, 2.24) is 5.32 Å². The molecule has 1 saturated heterocycles. The molecule has 0 spiro atoms. The van der Waals surface area contributed by atoms with E-state index in [-0.39, 0.29) is 0 Å². The van der Waals surface area contributed by atoms with Gasteiger partial charge in [0, 0.05) is 12.3 Å². The van der Waals surface area contributed by atoms with Crippen LogP contribution >= 0.6 is 0 Å². The van der Waals surface area contributed by atoms with Gasteiger partial charge >= 0.3 is 0 Å². The minimum absolute atomic E-state index is 0.468. The fourth-order valence-electron chi connectivity index (χ4n) is 2.55. The molecule has 1 aromatic rings. The number of aryl methyl sites for hydroxylation is 1. The standard InChI is InChI=1S/C14H21NO2S/c1-11-6-7-12(10-14(11)18(2,16)17)9-13-5-3-4-8-15-13/h6-7,10,13,15H,3-5,8-9H2,1-2H3. The van der Waals surface area contributed by atoms with Gasteiger partial charge in [0.15, 0.2) is 9.84 Å². The summed E-state index contributed by atoms with van der Waals surface area (Å²) in [5, 5.41) is 3.49. The summed E-state index contributed by atoms with van der Waals surface area (Å²) in [4.78, 5) is 0.468. The molecule has 0 aromatic heterocycles. The number of sulfone groups is 1. The molecule has 1 aliphatic rings. The van der Waals surface area contributed by atoms with Gasteiger partial charge in [-0.3, -0.25) is 0 Å². The summed E-state index contributed by atoms with van der Waals surface area (Å²) in [6.45, 7) is 2.93. The van der Waals surface area contributed by atoms with Crippen molar-refractivity contribution in [2.45, 2.75) is 43.5 Å². The topological polar surface area (TPSA) is 46.2 Å². The lowest BCUT2D eigenvalue weighted by Gasteiger charge is -2.23. The second-order valence-electron chi connectivity index (χ2n) is 5.22. The Labute approximate surface area is 110 Å². The van der Waals surface area contributed by atoms with Crippen molar-refractivity contribution in [1.29, 1.82) is 0 Å². The molecule has 1 atom stereocenters. The van der Waals surface area contributed by atoms with Crippen LogP contribution in [0.5, 0.6) is 0 Å². The van der Waals surface area contributed by atoms with Crippen molar-refractivity contribution in [3.05, 3.63) is 29.3 Å². The van der Waals surface area contributed by atoms with Gasteiger partial charge in [-0.2, -0.15) is 0 Å². The Bertz CT molecular complexity index is 517. The van der Waals surface area contributed by atoms with Crippen LogP contribution in [-0.4, -0.2) is 27.3 Å². The summed E-state index contributed by atoms with van der Waals surface area (Å²) in [5.41, 5.74) is 1.94. The number of piperidine rings is 1. The van der Waals surface area contributed by atoms with Gasteiger partial charge in [0.2, 0.25) is 0 Å². The molecule has 1 fully saturated rings. The lowest BCUT2D eigenvalue weighted by Crippen LogP contribution is -2.35. The largest absolute Gasteiger partial charge is 0.314 e. The van der Waals surface area contributed by atoms with Gasteiger partial charge in [0.05, 0.1) is 4.90 Å². The Kier molecular flexibility index (Phi) is 4.07. The summed E-state index contributed by atoms with van der Waals surface area (Å²) >= 11 is 0. The molecule has 3 nitrogen and oxygen atoms in total. The SMILES string of the molecule is Cc1ccc(CC2CCCCN2)cc1S(C)(=O)=O. The molecule has 1 N–H and O–H groups in total. The van der Waals surface area contributed by atoms with E-state index in [0.29, 0.717) is 10.9 Å². The third-order valence-electron chi connectivity index (χ3n) is 3.55. The quantitative estimate of drug-likeness (QED) is 0.912. The monoisotopic (exact) mass is 267 g/mol. The summed E-state index contributed by atoms with van der Waals surface area (Å²) in [7, 11) is -3.12. The maximum absolute atomic E-state index is 11.7. The number of hydrogen-bond donors (Lipinski definition) is 1. The Morgan fingerprint density at radius 2 is 2.11 bits per heavy atom. The zero-order chi connectivity index (χ0) is 13.2. The Morgan fingerprint density at radius 3 is 2.72 bits per heavy atom. The first-order chi connectivity index (χ1) is 8.47. The van der Waals surface area contributed by atoms with E-state index in [1.807, 2.05) is 25.1 Å². The van der Waals surface area contributed by atoms with Crippen molar-refractivity contribution in [3.63, 3.8) is 0 Å². The van der Waals surface area contributed by atoms with E-state index in [9.17, 15) is 8.42 Å². The number of benzene rings is 1. The number of nitrogens with one attached hydrogen (secondary N) is 1. The molecule has 100 valence electrons. The molecule has 18 heavy (non-hydrogen) atoms. The van der Waals surface area contributed by atoms with Crippen LogP contribution < -0.4 is 5.32 Å². The molecule has 1 aromatic carbocycles. The van der Waals surface area contributed by atoms with E-state index in [1.54, 1.807) is 0 Å². The van der Waals surface area contributed by atoms with E-state index in [2.05, 4.69) is 5.32 Å². The Balaban J connectivity index is 2.19. The van der Waals surface area contributed by atoms with Gasteiger partial charge in [-0.25, -0.2) is 8.42 Å². The van der Waals surface area contributed by atoms with Gasteiger partial charge in [-0.15, -0.1) is 0 Å². The van der Waals surface area contributed by atoms with Crippen molar-refractivity contribution >= 4 is 9.84 Å². The van der Waals surface area contributed by atoms with Gasteiger partial charge in [0.25, 0.3) is 0 Å². The first kappa shape index (κ1) is 13.6. The van der Waals surface area contributed by atoms with Gasteiger partial charge < -0.3 is 5.32 Å². The van der Waals surface area contributed by atoms with Gasteiger partial charge in [-0.05, 0) is 49.9 Å². The molecule has 4 heteroatoms. The van der Waals surface area contributed by atoms with E-state index in [4.69, 9.17) is 0 Å². The average Bonchev–Trinajstić information content (AvgIpc) is 2.31. The number of rotatable bonds is 3. The average molecular weight is 267 g/mol. The predicted octanol–water partition coefficient (Wildman–Crippen LogP) is 2.08. The molecule has 0 saturated carbocycles. The molecule has 1 unspecified atom stereocenters. The van der Waals surface area contributed by atoms with E-state index >= 15 is 0 Å².